The Morgan fingerprint density at radius 2 is 2.10 bits per heavy atom. The molecule has 0 aliphatic heterocycles. The number of aliphatic hydroxyl groups excluding tert-OH is 1. The van der Waals surface area contributed by atoms with E-state index in [4.69, 9.17) is 4.42 Å². The van der Waals surface area contributed by atoms with Crippen molar-refractivity contribution in [1.29, 1.82) is 0 Å². The molecule has 0 saturated carbocycles. The van der Waals surface area contributed by atoms with Crippen LogP contribution in [0.5, 0.6) is 0 Å². The molecule has 0 amide bonds. The summed E-state index contributed by atoms with van der Waals surface area (Å²) in [6.45, 7) is 9.85. The fourth-order valence-corrected chi connectivity index (χ4v) is 3.21. The maximum atomic E-state index is 9.36. The molecule has 2 heterocycles. The Morgan fingerprint density at radius 3 is 2.67 bits per heavy atom. The summed E-state index contributed by atoms with van der Waals surface area (Å²) in [6.07, 6.45) is 0. The van der Waals surface area contributed by atoms with Crippen LogP contribution in [0.15, 0.2) is 15.9 Å². The van der Waals surface area contributed by atoms with Crippen LogP contribution in [-0.2, 0) is 6.54 Å². The van der Waals surface area contributed by atoms with Crippen LogP contribution < -0.4 is 0 Å². The molecule has 0 aromatic carbocycles. The van der Waals surface area contributed by atoms with E-state index >= 15 is 0 Å². The first-order valence-corrected chi connectivity index (χ1v) is 8.00. The van der Waals surface area contributed by atoms with Gasteiger partial charge in [-0.25, -0.2) is 4.98 Å². The second-order valence-electron chi connectivity index (χ2n) is 6.45. The Labute approximate surface area is 130 Å². The molecule has 1 N–H and O–H groups in total. The minimum absolute atomic E-state index is 0.112. The van der Waals surface area contributed by atoms with E-state index in [1.54, 1.807) is 11.3 Å². The van der Waals surface area contributed by atoms with Crippen molar-refractivity contribution in [3.05, 3.63) is 28.5 Å². The van der Waals surface area contributed by atoms with Crippen molar-refractivity contribution < 1.29 is 9.52 Å². The molecule has 0 saturated heterocycles. The molecule has 116 valence electrons. The standard InChI is InChI=1S/C16H24N2O2S/c1-11-6-7-21-14(11)15-17-13(12(2)20-15)8-18(5)9-16(3,4)10-19/h6-7,19H,8-10H2,1-5H3. The van der Waals surface area contributed by atoms with Crippen LogP contribution in [0.4, 0.5) is 0 Å². The molecule has 0 aliphatic rings. The lowest BCUT2D eigenvalue weighted by molar-refractivity contribution is 0.112. The molecule has 5 heteroatoms. The zero-order chi connectivity index (χ0) is 15.6. The summed E-state index contributed by atoms with van der Waals surface area (Å²) >= 11 is 1.65. The van der Waals surface area contributed by atoms with Crippen molar-refractivity contribution in [2.75, 3.05) is 20.2 Å². The first-order valence-electron chi connectivity index (χ1n) is 7.12. The van der Waals surface area contributed by atoms with Crippen molar-refractivity contribution in [2.45, 2.75) is 34.2 Å². The number of oxazole rings is 1. The summed E-state index contributed by atoms with van der Waals surface area (Å²) in [7, 11) is 2.04. The van der Waals surface area contributed by atoms with Gasteiger partial charge in [-0.3, -0.25) is 4.90 Å². The normalized spacial score (nSPS) is 12.3. The van der Waals surface area contributed by atoms with E-state index in [0.717, 1.165) is 29.4 Å². The van der Waals surface area contributed by atoms with E-state index in [1.165, 1.54) is 5.56 Å². The van der Waals surface area contributed by atoms with E-state index in [0.29, 0.717) is 5.89 Å². The fraction of sp³-hybridized carbons (Fsp3) is 0.562. The SMILES string of the molecule is Cc1ccsc1-c1nc(CN(C)CC(C)(C)CO)c(C)o1. The highest BCUT2D eigenvalue weighted by molar-refractivity contribution is 7.13. The predicted octanol–water partition coefficient (Wildman–Crippen LogP) is 3.47. The zero-order valence-corrected chi connectivity index (χ0v) is 14.3. The van der Waals surface area contributed by atoms with E-state index in [1.807, 2.05) is 14.0 Å². The van der Waals surface area contributed by atoms with Gasteiger partial charge in [-0.1, -0.05) is 13.8 Å². The number of hydrogen-bond donors (Lipinski definition) is 1. The van der Waals surface area contributed by atoms with Gasteiger partial charge in [0.15, 0.2) is 0 Å². The van der Waals surface area contributed by atoms with E-state index in [9.17, 15) is 5.11 Å². The Balaban J connectivity index is 2.12. The summed E-state index contributed by atoms with van der Waals surface area (Å²) in [6, 6.07) is 2.08. The number of aromatic nitrogens is 1. The summed E-state index contributed by atoms with van der Waals surface area (Å²) in [5.74, 6) is 1.58. The fourth-order valence-electron chi connectivity index (χ4n) is 2.36. The summed E-state index contributed by atoms with van der Waals surface area (Å²) in [5.41, 5.74) is 2.05. The number of rotatable bonds is 6. The number of aliphatic hydroxyl groups is 1. The van der Waals surface area contributed by atoms with Gasteiger partial charge in [0.25, 0.3) is 0 Å². The molecule has 2 aromatic heterocycles. The lowest BCUT2D eigenvalue weighted by Crippen LogP contribution is -2.33. The number of thiophene rings is 1. The third-order valence-corrected chi connectivity index (χ3v) is 4.50. The average molecular weight is 308 g/mol. The van der Waals surface area contributed by atoms with Crippen LogP contribution in [-0.4, -0.2) is 35.2 Å². The van der Waals surface area contributed by atoms with Gasteiger partial charge >= 0.3 is 0 Å². The van der Waals surface area contributed by atoms with Gasteiger partial charge in [-0.15, -0.1) is 11.3 Å². The monoisotopic (exact) mass is 308 g/mol. The molecule has 21 heavy (non-hydrogen) atoms. The summed E-state index contributed by atoms with van der Waals surface area (Å²) in [4.78, 5) is 7.92. The summed E-state index contributed by atoms with van der Waals surface area (Å²) < 4.78 is 5.82. The van der Waals surface area contributed by atoms with Gasteiger partial charge in [0, 0.05) is 25.1 Å². The smallest absolute Gasteiger partial charge is 0.237 e. The molecule has 0 radical (unpaired) electrons. The van der Waals surface area contributed by atoms with Gasteiger partial charge in [0.1, 0.15) is 5.76 Å². The quantitative estimate of drug-likeness (QED) is 0.887. The van der Waals surface area contributed by atoms with E-state index in [-0.39, 0.29) is 12.0 Å². The Kier molecular flexibility index (Phi) is 4.86. The van der Waals surface area contributed by atoms with Crippen LogP contribution in [0.25, 0.3) is 10.8 Å². The van der Waals surface area contributed by atoms with Crippen molar-refractivity contribution in [3.8, 4) is 10.8 Å². The molecule has 0 aliphatic carbocycles. The highest BCUT2D eigenvalue weighted by Gasteiger charge is 2.21. The molecule has 0 atom stereocenters. The number of nitrogens with zero attached hydrogens (tertiary/aromatic N) is 2. The van der Waals surface area contributed by atoms with Crippen molar-refractivity contribution in [2.24, 2.45) is 5.41 Å². The highest BCUT2D eigenvalue weighted by atomic mass is 32.1. The minimum atomic E-state index is -0.112. The van der Waals surface area contributed by atoms with Crippen molar-refractivity contribution >= 4 is 11.3 Å². The zero-order valence-electron chi connectivity index (χ0n) is 13.4. The first-order chi connectivity index (χ1) is 9.82. The first kappa shape index (κ1) is 16.2. The maximum Gasteiger partial charge on any atom is 0.237 e. The van der Waals surface area contributed by atoms with Gasteiger partial charge < -0.3 is 9.52 Å². The van der Waals surface area contributed by atoms with Crippen LogP contribution in [0, 0.1) is 19.3 Å². The largest absolute Gasteiger partial charge is 0.440 e. The molecule has 4 nitrogen and oxygen atoms in total. The summed E-state index contributed by atoms with van der Waals surface area (Å²) in [5, 5.41) is 11.4. The van der Waals surface area contributed by atoms with Crippen LogP contribution in [0.3, 0.4) is 0 Å². The van der Waals surface area contributed by atoms with E-state index in [2.05, 4.69) is 42.1 Å². The topological polar surface area (TPSA) is 49.5 Å². The van der Waals surface area contributed by atoms with Gasteiger partial charge in [-0.2, -0.15) is 0 Å². The van der Waals surface area contributed by atoms with Gasteiger partial charge in [-0.05, 0) is 37.9 Å². The lowest BCUT2D eigenvalue weighted by Gasteiger charge is -2.27. The van der Waals surface area contributed by atoms with Crippen LogP contribution in [0.2, 0.25) is 0 Å². The van der Waals surface area contributed by atoms with E-state index < -0.39 is 0 Å². The molecular weight excluding hydrogens is 284 g/mol. The molecule has 0 unspecified atom stereocenters. The molecular formula is C16H24N2O2S. The van der Waals surface area contributed by atoms with Crippen LogP contribution in [0.1, 0.15) is 30.9 Å². The number of hydrogen-bond acceptors (Lipinski definition) is 5. The number of aryl methyl sites for hydroxylation is 2. The van der Waals surface area contributed by atoms with Crippen molar-refractivity contribution in [3.63, 3.8) is 0 Å². The lowest BCUT2D eigenvalue weighted by atomic mass is 9.94. The highest BCUT2D eigenvalue weighted by Crippen LogP contribution is 2.30. The molecule has 0 bridgehead atoms. The van der Waals surface area contributed by atoms with Crippen molar-refractivity contribution in [1.82, 2.24) is 9.88 Å². The molecule has 0 spiro atoms. The third kappa shape index (κ3) is 3.93. The Hall–Kier alpha value is -1.17. The second-order valence-corrected chi connectivity index (χ2v) is 7.37. The Bertz CT molecular complexity index is 601. The third-order valence-electron chi connectivity index (χ3n) is 3.49. The average Bonchev–Trinajstić information content (AvgIpc) is 2.96. The predicted molar refractivity (Wildman–Crippen MR) is 86.5 cm³/mol. The Morgan fingerprint density at radius 1 is 1.38 bits per heavy atom. The second kappa shape index (κ2) is 6.30. The minimum Gasteiger partial charge on any atom is -0.440 e. The molecule has 2 aromatic rings. The molecule has 0 fully saturated rings. The molecule has 2 rings (SSSR count). The van der Waals surface area contributed by atoms with Gasteiger partial charge in [0.2, 0.25) is 5.89 Å². The van der Waals surface area contributed by atoms with Gasteiger partial charge in [0.05, 0.1) is 10.6 Å². The van der Waals surface area contributed by atoms with Crippen LogP contribution >= 0.6 is 11.3 Å². The maximum absolute atomic E-state index is 9.36.